The van der Waals surface area contributed by atoms with Gasteiger partial charge < -0.3 is 10.2 Å². The maximum atomic E-state index is 12.4. The molecule has 0 aliphatic heterocycles. The molecule has 1 aromatic heterocycles. The zero-order chi connectivity index (χ0) is 17.8. The van der Waals surface area contributed by atoms with Gasteiger partial charge in [0.25, 0.3) is 0 Å². The van der Waals surface area contributed by atoms with E-state index in [-0.39, 0.29) is 12.3 Å². The van der Waals surface area contributed by atoms with Crippen molar-refractivity contribution in [1.82, 2.24) is 4.98 Å². The third-order valence-corrected chi connectivity index (χ3v) is 4.91. The van der Waals surface area contributed by atoms with Crippen molar-refractivity contribution in [3.8, 4) is 10.6 Å². The molecule has 3 aromatic rings. The van der Waals surface area contributed by atoms with Gasteiger partial charge in [-0.1, -0.05) is 41.9 Å². The Morgan fingerprint density at radius 1 is 1.16 bits per heavy atom. The molecule has 2 aromatic carbocycles. The Balaban J connectivity index is 1.72. The fourth-order valence-electron chi connectivity index (χ4n) is 2.47. The lowest BCUT2D eigenvalue weighted by atomic mass is 10.2. The number of aromatic nitrogens is 1. The van der Waals surface area contributed by atoms with E-state index in [0.29, 0.717) is 5.02 Å². The van der Waals surface area contributed by atoms with E-state index in [1.54, 1.807) is 0 Å². The summed E-state index contributed by atoms with van der Waals surface area (Å²) in [6.45, 7) is 0. The topological polar surface area (TPSA) is 45.2 Å². The number of benzene rings is 2. The van der Waals surface area contributed by atoms with Crippen LogP contribution in [0.3, 0.4) is 0 Å². The highest BCUT2D eigenvalue weighted by molar-refractivity contribution is 7.13. The summed E-state index contributed by atoms with van der Waals surface area (Å²) >= 11 is 7.70. The normalized spacial score (nSPS) is 10.5. The molecule has 0 aliphatic rings. The standard InChI is InChI=1S/C19H18ClN3OS/c1-23(2)17-10-6-5-9-16(17)22-18(24)11-13-12-25-19(21-13)14-7-3-4-8-15(14)20/h3-10,12H,11H2,1-2H3,(H,22,24). The first-order valence-electron chi connectivity index (χ1n) is 7.80. The lowest BCUT2D eigenvalue weighted by Crippen LogP contribution is -2.18. The van der Waals surface area contributed by atoms with Crippen molar-refractivity contribution >= 4 is 40.2 Å². The van der Waals surface area contributed by atoms with Crippen LogP contribution in [0.4, 0.5) is 11.4 Å². The first kappa shape index (κ1) is 17.5. The molecule has 0 aliphatic carbocycles. The number of carbonyl (C=O) groups excluding carboxylic acids is 1. The maximum Gasteiger partial charge on any atom is 0.230 e. The summed E-state index contributed by atoms with van der Waals surface area (Å²) in [4.78, 5) is 18.9. The smallest absolute Gasteiger partial charge is 0.230 e. The highest BCUT2D eigenvalue weighted by Crippen LogP contribution is 2.30. The fraction of sp³-hybridized carbons (Fsp3) is 0.158. The monoisotopic (exact) mass is 371 g/mol. The van der Waals surface area contributed by atoms with Crippen molar-refractivity contribution in [2.24, 2.45) is 0 Å². The average molecular weight is 372 g/mol. The van der Waals surface area contributed by atoms with Crippen LogP contribution in [0.2, 0.25) is 5.02 Å². The van der Waals surface area contributed by atoms with Crippen molar-refractivity contribution < 1.29 is 4.79 Å². The number of rotatable bonds is 5. The first-order chi connectivity index (χ1) is 12.0. The maximum absolute atomic E-state index is 12.4. The van der Waals surface area contributed by atoms with Crippen LogP contribution in [-0.2, 0) is 11.2 Å². The van der Waals surface area contributed by atoms with Gasteiger partial charge in [0, 0.05) is 25.0 Å². The summed E-state index contributed by atoms with van der Waals surface area (Å²) < 4.78 is 0. The molecular formula is C19H18ClN3OS. The third-order valence-electron chi connectivity index (χ3n) is 3.66. The number of carbonyl (C=O) groups is 1. The van der Waals surface area contributed by atoms with E-state index in [4.69, 9.17) is 11.6 Å². The summed E-state index contributed by atoms with van der Waals surface area (Å²) in [5.74, 6) is -0.0923. The number of thiazole rings is 1. The molecule has 1 heterocycles. The minimum atomic E-state index is -0.0923. The lowest BCUT2D eigenvalue weighted by molar-refractivity contribution is -0.115. The van der Waals surface area contributed by atoms with Gasteiger partial charge in [-0.3, -0.25) is 4.79 Å². The van der Waals surface area contributed by atoms with E-state index < -0.39 is 0 Å². The number of hydrogen-bond donors (Lipinski definition) is 1. The van der Waals surface area contributed by atoms with Crippen LogP contribution in [0.15, 0.2) is 53.9 Å². The van der Waals surface area contributed by atoms with E-state index in [9.17, 15) is 4.79 Å². The van der Waals surface area contributed by atoms with Crippen molar-refractivity contribution in [2.45, 2.75) is 6.42 Å². The Hall–Kier alpha value is -2.37. The molecule has 0 saturated carbocycles. The summed E-state index contributed by atoms with van der Waals surface area (Å²) in [6.07, 6.45) is 0.225. The summed E-state index contributed by atoms with van der Waals surface area (Å²) in [6, 6.07) is 15.3. The second-order valence-electron chi connectivity index (χ2n) is 5.76. The van der Waals surface area contributed by atoms with Crippen LogP contribution < -0.4 is 10.2 Å². The highest BCUT2D eigenvalue weighted by Gasteiger charge is 2.12. The van der Waals surface area contributed by atoms with E-state index in [0.717, 1.165) is 27.6 Å². The van der Waals surface area contributed by atoms with Gasteiger partial charge in [0.1, 0.15) is 5.01 Å². The molecule has 0 bridgehead atoms. The van der Waals surface area contributed by atoms with Crippen molar-refractivity contribution in [3.63, 3.8) is 0 Å². The predicted octanol–water partition coefficient (Wildman–Crippen LogP) is 4.71. The highest BCUT2D eigenvalue weighted by atomic mass is 35.5. The largest absolute Gasteiger partial charge is 0.376 e. The quantitative estimate of drug-likeness (QED) is 0.706. The van der Waals surface area contributed by atoms with Gasteiger partial charge in [-0.25, -0.2) is 4.98 Å². The Kier molecular flexibility index (Phi) is 5.36. The van der Waals surface area contributed by atoms with Crippen LogP contribution in [0.5, 0.6) is 0 Å². The first-order valence-corrected chi connectivity index (χ1v) is 9.06. The number of hydrogen-bond acceptors (Lipinski definition) is 4. The third kappa shape index (κ3) is 4.18. The Morgan fingerprint density at radius 2 is 1.88 bits per heavy atom. The predicted molar refractivity (Wildman–Crippen MR) is 106 cm³/mol. The molecule has 25 heavy (non-hydrogen) atoms. The number of anilines is 2. The molecule has 0 unspecified atom stereocenters. The molecular weight excluding hydrogens is 354 g/mol. The second kappa shape index (κ2) is 7.68. The molecule has 128 valence electrons. The molecule has 3 rings (SSSR count). The van der Waals surface area contributed by atoms with Gasteiger partial charge in [0.15, 0.2) is 0 Å². The van der Waals surface area contributed by atoms with Gasteiger partial charge in [-0.2, -0.15) is 0 Å². The van der Waals surface area contributed by atoms with Gasteiger partial charge in [0.2, 0.25) is 5.91 Å². The summed E-state index contributed by atoms with van der Waals surface area (Å²) in [5, 5.41) is 6.34. The minimum absolute atomic E-state index is 0.0923. The van der Waals surface area contributed by atoms with Crippen molar-refractivity contribution in [3.05, 3.63) is 64.6 Å². The lowest BCUT2D eigenvalue weighted by Gasteiger charge is -2.17. The fourth-order valence-corrected chi connectivity index (χ4v) is 3.61. The SMILES string of the molecule is CN(C)c1ccccc1NC(=O)Cc1csc(-c2ccccc2Cl)n1. The van der Waals surface area contributed by atoms with Gasteiger partial charge >= 0.3 is 0 Å². The summed E-state index contributed by atoms with van der Waals surface area (Å²) in [5.41, 5.74) is 3.38. The molecule has 4 nitrogen and oxygen atoms in total. The minimum Gasteiger partial charge on any atom is -0.376 e. The van der Waals surface area contributed by atoms with Gasteiger partial charge in [0.05, 0.1) is 28.5 Å². The Bertz CT molecular complexity index is 892. The Morgan fingerprint density at radius 3 is 2.64 bits per heavy atom. The molecule has 0 saturated heterocycles. The molecule has 0 spiro atoms. The van der Waals surface area contributed by atoms with Crippen LogP contribution in [0.1, 0.15) is 5.69 Å². The van der Waals surface area contributed by atoms with Crippen molar-refractivity contribution in [2.75, 3.05) is 24.3 Å². The molecule has 1 amide bonds. The van der Waals surface area contributed by atoms with E-state index >= 15 is 0 Å². The number of para-hydroxylation sites is 2. The van der Waals surface area contributed by atoms with Crippen LogP contribution in [0.25, 0.3) is 10.6 Å². The zero-order valence-electron chi connectivity index (χ0n) is 14.0. The van der Waals surface area contributed by atoms with Crippen molar-refractivity contribution in [1.29, 1.82) is 0 Å². The number of nitrogens with one attached hydrogen (secondary N) is 1. The van der Waals surface area contributed by atoms with Crippen LogP contribution >= 0.6 is 22.9 Å². The van der Waals surface area contributed by atoms with E-state index in [1.165, 1.54) is 11.3 Å². The molecule has 0 radical (unpaired) electrons. The molecule has 0 atom stereocenters. The van der Waals surface area contributed by atoms with Gasteiger partial charge in [-0.05, 0) is 18.2 Å². The second-order valence-corrected chi connectivity index (χ2v) is 7.03. The van der Waals surface area contributed by atoms with E-state index in [1.807, 2.05) is 72.9 Å². The van der Waals surface area contributed by atoms with Crippen LogP contribution in [0, 0.1) is 0 Å². The molecule has 6 heteroatoms. The molecule has 0 fully saturated rings. The Labute approximate surface area is 156 Å². The van der Waals surface area contributed by atoms with Gasteiger partial charge in [-0.15, -0.1) is 11.3 Å². The van der Waals surface area contributed by atoms with E-state index in [2.05, 4.69) is 10.3 Å². The molecule has 1 N–H and O–H groups in total. The number of amides is 1. The average Bonchev–Trinajstić information content (AvgIpc) is 3.03. The number of halogens is 1. The number of nitrogens with zero attached hydrogens (tertiary/aromatic N) is 2. The summed E-state index contributed by atoms with van der Waals surface area (Å²) in [7, 11) is 3.89. The zero-order valence-corrected chi connectivity index (χ0v) is 15.6. The van der Waals surface area contributed by atoms with Crippen LogP contribution in [-0.4, -0.2) is 25.0 Å².